The van der Waals surface area contributed by atoms with Crippen LogP contribution in [-0.2, 0) is 22.6 Å². The molecule has 1 aromatic heterocycles. The van der Waals surface area contributed by atoms with Gasteiger partial charge in [-0.3, -0.25) is 9.59 Å². The maximum absolute atomic E-state index is 12.5. The number of carbonyl (C=O) groups is 2. The van der Waals surface area contributed by atoms with Crippen LogP contribution in [-0.4, -0.2) is 34.0 Å². The lowest BCUT2D eigenvalue weighted by atomic mass is 10.0. The van der Waals surface area contributed by atoms with E-state index in [4.69, 9.17) is 0 Å². The topological polar surface area (TPSA) is 76.0 Å². The van der Waals surface area contributed by atoms with Crippen LogP contribution in [0.4, 0.5) is 0 Å². The first-order valence-corrected chi connectivity index (χ1v) is 9.53. The van der Waals surface area contributed by atoms with E-state index in [0.717, 1.165) is 16.3 Å². The summed E-state index contributed by atoms with van der Waals surface area (Å²) in [5.41, 5.74) is 0.930. The number of imidazole rings is 1. The summed E-state index contributed by atoms with van der Waals surface area (Å²) < 4.78 is 1.89. The van der Waals surface area contributed by atoms with E-state index in [1.54, 1.807) is 12.5 Å². The molecule has 3 aromatic rings. The molecular weight excluding hydrogens is 352 g/mol. The highest BCUT2D eigenvalue weighted by Gasteiger charge is 2.23. The van der Waals surface area contributed by atoms with E-state index >= 15 is 0 Å². The lowest BCUT2D eigenvalue weighted by molar-refractivity contribution is -0.129. The summed E-state index contributed by atoms with van der Waals surface area (Å²) in [6.07, 6.45) is 5.50. The zero-order chi connectivity index (χ0) is 19.9. The number of amides is 2. The Bertz CT molecular complexity index is 935. The third-order valence-electron chi connectivity index (χ3n) is 4.67. The minimum atomic E-state index is -0.559. The Balaban J connectivity index is 1.56. The van der Waals surface area contributed by atoms with Gasteiger partial charge in [0.25, 0.3) is 0 Å². The molecule has 2 N–H and O–H groups in total. The smallest absolute Gasteiger partial charge is 0.242 e. The van der Waals surface area contributed by atoms with E-state index in [9.17, 15) is 9.59 Å². The van der Waals surface area contributed by atoms with E-state index in [1.807, 2.05) is 67.1 Å². The van der Waals surface area contributed by atoms with Crippen LogP contribution in [0.2, 0.25) is 0 Å². The molecule has 0 fully saturated rings. The highest BCUT2D eigenvalue weighted by Crippen LogP contribution is 2.16. The van der Waals surface area contributed by atoms with Crippen molar-refractivity contribution in [2.75, 3.05) is 6.54 Å². The molecule has 3 rings (SSSR count). The van der Waals surface area contributed by atoms with Gasteiger partial charge in [-0.2, -0.15) is 0 Å². The van der Waals surface area contributed by atoms with Crippen molar-refractivity contribution < 1.29 is 9.59 Å². The first kappa shape index (κ1) is 19.6. The molecule has 0 saturated carbocycles. The van der Waals surface area contributed by atoms with Gasteiger partial charge in [-0.1, -0.05) is 56.3 Å². The lowest BCUT2D eigenvalue weighted by Crippen LogP contribution is -2.50. The van der Waals surface area contributed by atoms with Crippen LogP contribution >= 0.6 is 0 Å². The number of hydrogen-bond donors (Lipinski definition) is 2. The quantitative estimate of drug-likeness (QED) is 0.632. The van der Waals surface area contributed by atoms with Crippen molar-refractivity contribution in [3.05, 3.63) is 66.7 Å². The first-order valence-electron chi connectivity index (χ1n) is 9.53. The number of aromatic nitrogens is 2. The van der Waals surface area contributed by atoms with E-state index in [-0.39, 0.29) is 24.2 Å². The Kier molecular flexibility index (Phi) is 6.42. The maximum Gasteiger partial charge on any atom is 0.242 e. The number of benzene rings is 2. The minimum Gasteiger partial charge on any atom is -0.353 e. The third-order valence-corrected chi connectivity index (χ3v) is 4.67. The Morgan fingerprint density at radius 1 is 1.11 bits per heavy atom. The summed E-state index contributed by atoms with van der Waals surface area (Å²) in [5, 5.41) is 8.02. The largest absolute Gasteiger partial charge is 0.353 e. The molecular formula is C22H26N4O2. The zero-order valence-electron chi connectivity index (χ0n) is 16.3. The molecule has 0 unspecified atom stereocenters. The van der Waals surface area contributed by atoms with E-state index in [2.05, 4.69) is 15.6 Å². The summed E-state index contributed by atoms with van der Waals surface area (Å²) in [6.45, 7) is 4.98. The maximum atomic E-state index is 12.5. The third kappa shape index (κ3) is 5.19. The zero-order valence-corrected chi connectivity index (χ0v) is 16.3. The van der Waals surface area contributed by atoms with Crippen molar-refractivity contribution in [3.8, 4) is 0 Å². The molecule has 0 radical (unpaired) electrons. The number of hydrogen-bond acceptors (Lipinski definition) is 3. The molecule has 0 bridgehead atoms. The van der Waals surface area contributed by atoms with Gasteiger partial charge >= 0.3 is 0 Å². The fraction of sp³-hybridized carbons (Fsp3) is 0.318. The van der Waals surface area contributed by atoms with Crippen molar-refractivity contribution in [2.24, 2.45) is 5.92 Å². The van der Waals surface area contributed by atoms with Crippen LogP contribution in [0.3, 0.4) is 0 Å². The van der Waals surface area contributed by atoms with Crippen LogP contribution in [0, 0.1) is 5.92 Å². The van der Waals surface area contributed by atoms with Crippen molar-refractivity contribution in [1.29, 1.82) is 0 Å². The fourth-order valence-corrected chi connectivity index (χ4v) is 3.13. The van der Waals surface area contributed by atoms with Gasteiger partial charge in [-0.05, 0) is 22.3 Å². The number of nitrogens with zero attached hydrogens (tertiary/aromatic N) is 2. The van der Waals surface area contributed by atoms with Gasteiger partial charge in [0.15, 0.2) is 0 Å². The molecule has 2 aromatic carbocycles. The molecule has 1 heterocycles. The van der Waals surface area contributed by atoms with E-state index in [0.29, 0.717) is 13.1 Å². The average molecular weight is 378 g/mol. The second-order valence-electron chi connectivity index (χ2n) is 7.24. The molecule has 1 atom stereocenters. The van der Waals surface area contributed by atoms with Gasteiger partial charge in [0, 0.05) is 25.5 Å². The van der Waals surface area contributed by atoms with Crippen LogP contribution in [0.15, 0.2) is 61.2 Å². The molecule has 0 aliphatic heterocycles. The summed E-state index contributed by atoms with van der Waals surface area (Å²) in [6, 6.07) is 13.5. The SMILES string of the molecule is CC(C)[C@H](NC(=O)Cc1ccc2ccccc2c1)C(=O)NCCn1ccnc1. The number of carbonyl (C=O) groups excluding carboxylic acids is 2. The van der Waals surface area contributed by atoms with Crippen LogP contribution in [0.1, 0.15) is 19.4 Å². The Morgan fingerprint density at radius 2 is 1.89 bits per heavy atom. The van der Waals surface area contributed by atoms with Gasteiger partial charge in [-0.15, -0.1) is 0 Å². The summed E-state index contributed by atoms with van der Waals surface area (Å²) in [4.78, 5) is 29.0. The Morgan fingerprint density at radius 3 is 2.61 bits per heavy atom. The van der Waals surface area contributed by atoms with E-state index in [1.165, 1.54) is 0 Å². The second kappa shape index (κ2) is 9.17. The van der Waals surface area contributed by atoms with E-state index < -0.39 is 6.04 Å². The fourth-order valence-electron chi connectivity index (χ4n) is 3.13. The van der Waals surface area contributed by atoms with Crippen molar-refractivity contribution in [2.45, 2.75) is 32.9 Å². The molecule has 146 valence electrons. The van der Waals surface area contributed by atoms with Crippen molar-refractivity contribution in [3.63, 3.8) is 0 Å². The van der Waals surface area contributed by atoms with Crippen molar-refractivity contribution >= 4 is 22.6 Å². The van der Waals surface area contributed by atoms with Gasteiger partial charge < -0.3 is 15.2 Å². The van der Waals surface area contributed by atoms with Crippen LogP contribution in [0.5, 0.6) is 0 Å². The standard InChI is InChI=1S/C22H26N4O2/c1-16(2)21(22(28)24-10-12-26-11-9-23-15-26)25-20(27)14-17-7-8-18-5-3-4-6-19(18)13-17/h3-9,11,13,15-16,21H,10,12,14H2,1-2H3,(H,24,28)(H,25,27)/t21-/m0/s1. The summed E-state index contributed by atoms with van der Waals surface area (Å²) >= 11 is 0. The molecule has 6 nitrogen and oxygen atoms in total. The predicted octanol–water partition coefficient (Wildman–Crippen LogP) is 2.54. The van der Waals surface area contributed by atoms with Crippen LogP contribution < -0.4 is 10.6 Å². The summed E-state index contributed by atoms with van der Waals surface area (Å²) in [5.74, 6) is -0.325. The normalized spacial score (nSPS) is 12.1. The molecule has 2 amide bonds. The van der Waals surface area contributed by atoms with Crippen LogP contribution in [0.25, 0.3) is 10.8 Å². The number of fused-ring (bicyclic) bond motifs is 1. The van der Waals surface area contributed by atoms with Gasteiger partial charge in [0.1, 0.15) is 6.04 Å². The first-order chi connectivity index (χ1) is 13.5. The molecule has 0 saturated heterocycles. The number of nitrogens with one attached hydrogen (secondary N) is 2. The second-order valence-corrected chi connectivity index (χ2v) is 7.24. The Hall–Kier alpha value is -3.15. The van der Waals surface area contributed by atoms with Gasteiger partial charge in [0.2, 0.25) is 11.8 Å². The predicted molar refractivity (Wildman–Crippen MR) is 110 cm³/mol. The molecule has 6 heteroatoms. The van der Waals surface area contributed by atoms with Gasteiger partial charge in [0.05, 0.1) is 12.7 Å². The number of rotatable bonds is 8. The highest BCUT2D eigenvalue weighted by molar-refractivity contribution is 5.89. The van der Waals surface area contributed by atoms with Gasteiger partial charge in [-0.25, -0.2) is 4.98 Å². The highest BCUT2D eigenvalue weighted by atomic mass is 16.2. The minimum absolute atomic E-state index is 0.00574. The monoisotopic (exact) mass is 378 g/mol. The molecule has 0 aliphatic rings. The molecule has 28 heavy (non-hydrogen) atoms. The molecule has 0 aliphatic carbocycles. The average Bonchev–Trinajstić information content (AvgIpc) is 3.19. The Labute approximate surface area is 165 Å². The molecule has 0 spiro atoms. The summed E-state index contributed by atoms with van der Waals surface area (Å²) in [7, 11) is 0. The lowest BCUT2D eigenvalue weighted by Gasteiger charge is -2.22. The van der Waals surface area contributed by atoms with Crippen molar-refractivity contribution in [1.82, 2.24) is 20.2 Å².